The molecule has 2 aromatic rings. The van der Waals surface area contributed by atoms with Gasteiger partial charge in [0.25, 0.3) is 5.91 Å². The zero-order valence-electron chi connectivity index (χ0n) is 15.1. The number of amides is 1. The first kappa shape index (κ1) is 18.6. The monoisotopic (exact) mass is 372 g/mol. The fourth-order valence-corrected chi connectivity index (χ4v) is 4.38. The summed E-state index contributed by atoms with van der Waals surface area (Å²) >= 11 is 0. The van der Waals surface area contributed by atoms with Crippen molar-refractivity contribution in [2.24, 2.45) is 0 Å². The molecule has 5 nitrogen and oxygen atoms in total. The maximum atomic E-state index is 12.4. The predicted octanol–water partition coefficient (Wildman–Crippen LogP) is 3.50. The van der Waals surface area contributed by atoms with E-state index in [-0.39, 0.29) is 16.8 Å². The number of rotatable bonds is 6. The van der Waals surface area contributed by atoms with Crippen molar-refractivity contribution in [2.75, 3.05) is 5.32 Å². The van der Waals surface area contributed by atoms with Crippen LogP contribution >= 0.6 is 0 Å². The molecule has 0 heterocycles. The molecule has 0 aliphatic heterocycles. The Bertz CT molecular complexity index is 905. The molecule has 0 fully saturated rings. The summed E-state index contributed by atoms with van der Waals surface area (Å²) in [6.45, 7) is 3.73. The molecule has 2 N–H and O–H groups in total. The zero-order valence-corrected chi connectivity index (χ0v) is 15.9. The molecule has 0 radical (unpaired) electrons. The fourth-order valence-electron chi connectivity index (χ4n) is 3.05. The van der Waals surface area contributed by atoms with Crippen molar-refractivity contribution in [1.29, 1.82) is 0 Å². The highest BCUT2D eigenvalue weighted by Gasteiger charge is 2.17. The minimum atomic E-state index is -3.56. The van der Waals surface area contributed by atoms with Crippen LogP contribution in [0.3, 0.4) is 0 Å². The van der Waals surface area contributed by atoms with Gasteiger partial charge in [-0.3, -0.25) is 4.79 Å². The van der Waals surface area contributed by atoms with Gasteiger partial charge in [-0.05, 0) is 80.1 Å². The molecule has 138 valence electrons. The van der Waals surface area contributed by atoms with Crippen molar-refractivity contribution in [2.45, 2.75) is 50.5 Å². The van der Waals surface area contributed by atoms with Gasteiger partial charge in [0.05, 0.1) is 4.90 Å². The van der Waals surface area contributed by atoms with Crippen LogP contribution in [0.5, 0.6) is 0 Å². The van der Waals surface area contributed by atoms with E-state index in [1.54, 1.807) is 0 Å². The summed E-state index contributed by atoms with van der Waals surface area (Å²) in [4.78, 5) is 12.6. The van der Waals surface area contributed by atoms with Gasteiger partial charge in [-0.15, -0.1) is 0 Å². The molecule has 1 atom stereocenters. The Morgan fingerprint density at radius 2 is 1.77 bits per heavy atom. The van der Waals surface area contributed by atoms with Crippen LogP contribution in [0.25, 0.3) is 0 Å². The standard InChI is InChI=1S/C20H24N2O3S/c1-3-14(2)22-26(24,25)19-11-8-16(9-12-19)20(23)21-18-10-7-15-5-4-6-17(15)13-18/h7-14,22H,3-6H2,1-2H3,(H,21,23)/t14-/m1/s1. The number of carbonyl (C=O) groups excluding carboxylic acids is 1. The third-order valence-corrected chi connectivity index (χ3v) is 6.36. The molecule has 0 saturated heterocycles. The third-order valence-electron chi connectivity index (χ3n) is 4.75. The SMILES string of the molecule is CC[C@@H](C)NS(=O)(=O)c1ccc(C(=O)Nc2ccc3c(c2)CCC3)cc1. The topological polar surface area (TPSA) is 75.3 Å². The van der Waals surface area contributed by atoms with E-state index in [0.29, 0.717) is 12.0 Å². The van der Waals surface area contributed by atoms with E-state index in [2.05, 4.69) is 16.1 Å². The van der Waals surface area contributed by atoms with Crippen LogP contribution in [0.2, 0.25) is 0 Å². The Kier molecular flexibility index (Phi) is 5.44. The van der Waals surface area contributed by atoms with E-state index in [1.807, 2.05) is 26.0 Å². The summed E-state index contributed by atoms with van der Waals surface area (Å²) in [5.41, 5.74) is 3.84. The quantitative estimate of drug-likeness (QED) is 0.815. The first-order valence-corrected chi connectivity index (χ1v) is 10.4. The summed E-state index contributed by atoms with van der Waals surface area (Å²) in [6, 6.07) is 11.9. The normalized spacial score (nSPS) is 14.7. The average Bonchev–Trinajstić information content (AvgIpc) is 3.09. The second kappa shape index (κ2) is 7.60. The molecule has 0 aromatic heterocycles. The number of carbonyl (C=O) groups is 1. The lowest BCUT2D eigenvalue weighted by atomic mass is 10.1. The molecule has 1 amide bonds. The van der Waals surface area contributed by atoms with Gasteiger partial charge in [-0.1, -0.05) is 13.0 Å². The number of sulfonamides is 1. The van der Waals surface area contributed by atoms with Crippen LogP contribution < -0.4 is 10.0 Å². The van der Waals surface area contributed by atoms with Crippen LogP contribution in [0, 0.1) is 0 Å². The molecule has 26 heavy (non-hydrogen) atoms. The Morgan fingerprint density at radius 1 is 1.08 bits per heavy atom. The van der Waals surface area contributed by atoms with Gasteiger partial charge in [-0.25, -0.2) is 13.1 Å². The van der Waals surface area contributed by atoms with Gasteiger partial charge >= 0.3 is 0 Å². The number of fused-ring (bicyclic) bond motifs is 1. The Morgan fingerprint density at radius 3 is 2.46 bits per heavy atom. The summed E-state index contributed by atoms with van der Waals surface area (Å²) in [5.74, 6) is -0.248. The first-order valence-electron chi connectivity index (χ1n) is 8.94. The minimum absolute atomic E-state index is 0.136. The lowest BCUT2D eigenvalue weighted by Gasteiger charge is -2.12. The van der Waals surface area contributed by atoms with E-state index in [4.69, 9.17) is 0 Å². The molecule has 1 aliphatic carbocycles. The predicted molar refractivity (Wildman–Crippen MR) is 103 cm³/mol. The highest BCUT2D eigenvalue weighted by Crippen LogP contribution is 2.25. The van der Waals surface area contributed by atoms with E-state index >= 15 is 0 Å². The van der Waals surface area contributed by atoms with Crippen molar-refractivity contribution in [3.63, 3.8) is 0 Å². The smallest absolute Gasteiger partial charge is 0.255 e. The molecule has 1 aliphatic rings. The highest BCUT2D eigenvalue weighted by atomic mass is 32.2. The van der Waals surface area contributed by atoms with E-state index in [9.17, 15) is 13.2 Å². The zero-order chi connectivity index (χ0) is 18.7. The summed E-state index contributed by atoms with van der Waals surface area (Å²) < 4.78 is 27.1. The van der Waals surface area contributed by atoms with Gasteiger partial charge in [0, 0.05) is 17.3 Å². The number of aryl methyl sites for hydroxylation is 2. The molecule has 6 heteroatoms. The fraction of sp³-hybridized carbons (Fsp3) is 0.350. The van der Waals surface area contributed by atoms with Crippen molar-refractivity contribution in [3.05, 3.63) is 59.2 Å². The highest BCUT2D eigenvalue weighted by molar-refractivity contribution is 7.89. The second-order valence-electron chi connectivity index (χ2n) is 6.75. The largest absolute Gasteiger partial charge is 0.322 e. The number of hydrogen-bond acceptors (Lipinski definition) is 3. The van der Waals surface area contributed by atoms with Crippen LogP contribution in [0.4, 0.5) is 5.69 Å². The maximum absolute atomic E-state index is 12.4. The van der Waals surface area contributed by atoms with E-state index in [1.165, 1.54) is 35.4 Å². The van der Waals surface area contributed by atoms with Crippen LogP contribution in [-0.2, 0) is 22.9 Å². The van der Waals surface area contributed by atoms with Crippen molar-refractivity contribution >= 4 is 21.6 Å². The molecule has 3 rings (SSSR count). The van der Waals surface area contributed by atoms with Crippen molar-refractivity contribution in [1.82, 2.24) is 4.72 Å². The molecular weight excluding hydrogens is 348 g/mol. The van der Waals surface area contributed by atoms with Crippen molar-refractivity contribution in [3.8, 4) is 0 Å². The van der Waals surface area contributed by atoms with Crippen molar-refractivity contribution < 1.29 is 13.2 Å². The number of anilines is 1. The van der Waals surface area contributed by atoms with Crippen LogP contribution in [-0.4, -0.2) is 20.4 Å². The lowest BCUT2D eigenvalue weighted by molar-refractivity contribution is 0.102. The number of nitrogens with one attached hydrogen (secondary N) is 2. The molecule has 0 saturated carbocycles. The van der Waals surface area contributed by atoms with Gasteiger partial charge in [-0.2, -0.15) is 0 Å². The molecule has 0 spiro atoms. The average molecular weight is 372 g/mol. The Hall–Kier alpha value is -2.18. The molecule has 0 bridgehead atoms. The minimum Gasteiger partial charge on any atom is -0.322 e. The molecule has 2 aromatic carbocycles. The molecule has 0 unspecified atom stereocenters. The second-order valence-corrected chi connectivity index (χ2v) is 8.46. The summed E-state index contributed by atoms with van der Waals surface area (Å²) in [6.07, 6.45) is 4.02. The van der Waals surface area contributed by atoms with Gasteiger partial charge in [0.1, 0.15) is 0 Å². The number of benzene rings is 2. The summed E-state index contributed by atoms with van der Waals surface area (Å²) in [7, 11) is -3.56. The van der Waals surface area contributed by atoms with E-state index in [0.717, 1.165) is 24.9 Å². The molecular formula is C20H24N2O3S. The lowest BCUT2D eigenvalue weighted by Crippen LogP contribution is -2.32. The Labute approximate surface area is 154 Å². The van der Waals surface area contributed by atoms with Gasteiger partial charge < -0.3 is 5.32 Å². The first-order chi connectivity index (χ1) is 12.4. The van der Waals surface area contributed by atoms with E-state index < -0.39 is 10.0 Å². The Balaban J connectivity index is 1.71. The summed E-state index contributed by atoms with van der Waals surface area (Å²) in [5, 5.41) is 2.88. The van der Waals surface area contributed by atoms with Crippen LogP contribution in [0.15, 0.2) is 47.4 Å². The number of hydrogen-bond donors (Lipinski definition) is 2. The van der Waals surface area contributed by atoms with Crippen LogP contribution in [0.1, 0.15) is 48.2 Å². The van der Waals surface area contributed by atoms with Gasteiger partial charge in [0.2, 0.25) is 10.0 Å². The third kappa shape index (κ3) is 4.14. The van der Waals surface area contributed by atoms with Gasteiger partial charge in [0.15, 0.2) is 0 Å². The maximum Gasteiger partial charge on any atom is 0.255 e.